The van der Waals surface area contributed by atoms with Gasteiger partial charge in [0.2, 0.25) is 0 Å². The summed E-state index contributed by atoms with van der Waals surface area (Å²) in [7, 11) is 0. The fourth-order valence-corrected chi connectivity index (χ4v) is 2.17. The first kappa shape index (κ1) is 12.8. The minimum Gasteiger partial charge on any atom is -0.313 e. The molecule has 0 saturated heterocycles. The zero-order valence-corrected chi connectivity index (χ0v) is 11.4. The SMILES string of the molecule is CCCNCc1cn[nH]c1-c1ccc(C)cc1C. The first-order chi connectivity index (χ1) is 8.72. The summed E-state index contributed by atoms with van der Waals surface area (Å²) < 4.78 is 0. The number of hydrogen-bond acceptors (Lipinski definition) is 2. The molecule has 0 fully saturated rings. The van der Waals surface area contributed by atoms with Gasteiger partial charge in [-0.1, -0.05) is 30.7 Å². The van der Waals surface area contributed by atoms with Gasteiger partial charge in [-0.2, -0.15) is 5.10 Å². The molecule has 0 aliphatic heterocycles. The molecular formula is C15H21N3. The predicted octanol–water partition coefficient (Wildman–Crippen LogP) is 3.19. The lowest BCUT2D eigenvalue weighted by Crippen LogP contribution is -2.13. The molecule has 3 heteroatoms. The van der Waals surface area contributed by atoms with E-state index in [0.717, 1.165) is 25.2 Å². The molecule has 0 atom stereocenters. The van der Waals surface area contributed by atoms with Gasteiger partial charge in [0, 0.05) is 17.7 Å². The number of aromatic nitrogens is 2. The summed E-state index contributed by atoms with van der Waals surface area (Å²) in [6, 6.07) is 6.52. The van der Waals surface area contributed by atoms with Crippen molar-refractivity contribution in [1.29, 1.82) is 0 Å². The first-order valence-corrected chi connectivity index (χ1v) is 6.53. The van der Waals surface area contributed by atoms with Crippen LogP contribution in [0.25, 0.3) is 11.3 Å². The molecule has 96 valence electrons. The second-order valence-corrected chi connectivity index (χ2v) is 4.77. The van der Waals surface area contributed by atoms with Crippen molar-refractivity contribution in [3.63, 3.8) is 0 Å². The van der Waals surface area contributed by atoms with Gasteiger partial charge >= 0.3 is 0 Å². The van der Waals surface area contributed by atoms with E-state index in [9.17, 15) is 0 Å². The monoisotopic (exact) mass is 243 g/mol. The third-order valence-electron chi connectivity index (χ3n) is 3.11. The van der Waals surface area contributed by atoms with E-state index in [1.807, 2.05) is 6.20 Å². The third kappa shape index (κ3) is 2.79. The van der Waals surface area contributed by atoms with Crippen LogP contribution in [-0.2, 0) is 6.54 Å². The minimum atomic E-state index is 0.868. The van der Waals surface area contributed by atoms with E-state index < -0.39 is 0 Å². The Labute approximate surface area is 109 Å². The summed E-state index contributed by atoms with van der Waals surface area (Å²) >= 11 is 0. The van der Waals surface area contributed by atoms with Crippen molar-refractivity contribution in [1.82, 2.24) is 15.5 Å². The molecule has 0 amide bonds. The Balaban J connectivity index is 2.25. The first-order valence-electron chi connectivity index (χ1n) is 6.53. The van der Waals surface area contributed by atoms with Crippen LogP contribution < -0.4 is 5.32 Å². The highest BCUT2D eigenvalue weighted by atomic mass is 15.1. The van der Waals surface area contributed by atoms with E-state index in [-0.39, 0.29) is 0 Å². The molecule has 0 unspecified atom stereocenters. The number of H-pyrrole nitrogens is 1. The Morgan fingerprint density at radius 3 is 2.83 bits per heavy atom. The van der Waals surface area contributed by atoms with Crippen molar-refractivity contribution in [3.8, 4) is 11.3 Å². The van der Waals surface area contributed by atoms with E-state index in [4.69, 9.17) is 0 Å². The Morgan fingerprint density at radius 2 is 2.11 bits per heavy atom. The second kappa shape index (κ2) is 5.83. The lowest BCUT2D eigenvalue weighted by Gasteiger charge is -2.08. The van der Waals surface area contributed by atoms with Gasteiger partial charge in [0.1, 0.15) is 0 Å². The van der Waals surface area contributed by atoms with Crippen LogP contribution in [0.4, 0.5) is 0 Å². The van der Waals surface area contributed by atoms with Crippen molar-refractivity contribution >= 4 is 0 Å². The smallest absolute Gasteiger partial charge is 0.0697 e. The standard InChI is InChI=1S/C15H21N3/c1-4-7-16-9-13-10-17-18-15(13)14-6-5-11(2)8-12(14)3/h5-6,8,10,16H,4,7,9H2,1-3H3,(H,17,18). The largest absolute Gasteiger partial charge is 0.313 e. The fourth-order valence-electron chi connectivity index (χ4n) is 2.17. The van der Waals surface area contributed by atoms with Crippen LogP contribution in [0.15, 0.2) is 24.4 Å². The maximum absolute atomic E-state index is 4.18. The Bertz CT molecular complexity index is 514. The van der Waals surface area contributed by atoms with Crippen LogP contribution in [0.5, 0.6) is 0 Å². The minimum absolute atomic E-state index is 0.868. The van der Waals surface area contributed by atoms with Gasteiger partial charge in [-0.05, 0) is 32.4 Å². The van der Waals surface area contributed by atoms with E-state index in [1.165, 1.54) is 22.3 Å². The van der Waals surface area contributed by atoms with E-state index in [2.05, 4.69) is 54.5 Å². The van der Waals surface area contributed by atoms with Crippen molar-refractivity contribution < 1.29 is 0 Å². The maximum Gasteiger partial charge on any atom is 0.0697 e. The van der Waals surface area contributed by atoms with Crippen molar-refractivity contribution in [3.05, 3.63) is 41.1 Å². The Morgan fingerprint density at radius 1 is 1.28 bits per heavy atom. The number of hydrogen-bond donors (Lipinski definition) is 2. The predicted molar refractivity (Wildman–Crippen MR) is 75.5 cm³/mol. The lowest BCUT2D eigenvalue weighted by atomic mass is 10.0. The molecule has 1 aromatic heterocycles. The molecule has 0 spiro atoms. The molecule has 0 bridgehead atoms. The van der Waals surface area contributed by atoms with Crippen LogP contribution >= 0.6 is 0 Å². The van der Waals surface area contributed by atoms with Crippen molar-refractivity contribution in [2.24, 2.45) is 0 Å². The molecule has 2 rings (SSSR count). The van der Waals surface area contributed by atoms with Crippen molar-refractivity contribution in [2.75, 3.05) is 6.54 Å². The average molecular weight is 243 g/mol. The average Bonchev–Trinajstić information content (AvgIpc) is 2.78. The van der Waals surface area contributed by atoms with Crippen LogP contribution in [0, 0.1) is 13.8 Å². The number of nitrogens with zero attached hydrogens (tertiary/aromatic N) is 1. The van der Waals surface area contributed by atoms with Gasteiger partial charge in [-0.3, -0.25) is 5.10 Å². The Kier molecular flexibility index (Phi) is 4.15. The highest BCUT2D eigenvalue weighted by Crippen LogP contribution is 2.25. The summed E-state index contributed by atoms with van der Waals surface area (Å²) in [5.74, 6) is 0. The highest BCUT2D eigenvalue weighted by Gasteiger charge is 2.09. The number of aryl methyl sites for hydroxylation is 2. The van der Waals surface area contributed by atoms with Crippen LogP contribution in [0.1, 0.15) is 30.0 Å². The second-order valence-electron chi connectivity index (χ2n) is 4.77. The summed E-state index contributed by atoms with van der Waals surface area (Å²) in [6.45, 7) is 8.35. The zero-order valence-electron chi connectivity index (χ0n) is 11.4. The molecule has 1 aromatic carbocycles. The van der Waals surface area contributed by atoms with Gasteiger partial charge in [0.15, 0.2) is 0 Å². The summed E-state index contributed by atoms with van der Waals surface area (Å²) in [6.07, 6.45) is 3.06. The summed E-state index contributed by atoms with van der Waals surface area (Å²) in [4.78, 5) is 0. The van der Waals surface area contributed by atoms with Gasteiger partial charge in [0.25, 0.3) is 0 Å². The van der Waals surface area contributed by atoms with Crippen molar-refractivity contribution in [2.45, 2.75) is 33.7 Å². The van der Waals surface area contributed by atoms with E-state index in [0.29, 0.717) is 0 Å². The summed E-state index contributed by atoms with van der Waals surface area (Å²) in [5.41, 5.74) is 6.19. The molecular weight excluding hydrogens is 222 g/mol. The Hall–Kier alpha value is -1.61. The van der Waals surface area contributed by atoms with Gasteiger partial charge in [-0.15, -0.1) is 0 Å². The normalized spacial score (nSPS) is 10.8. The molecule has 18 heavy (non-hydrogen) atoms. The van der Waals surface area contributed by atoms with Gasteiger partial charge in [-0.25, -0.2) is 0 Å². The molecule has 1 heterocycles. The molecule has 2 aromatic rings. The van der Waals surface area contributed by atoms with Crippen LogP contribution in [0.3, 0.4) is 0 Å². The van der Waals surface area contributed by atoms with E-state index >= 15 is 0 Å². The number of benzene rings is 1. The molecule has 0 saturated carbocycles. The fraction of sp³-hybridized carbons (Fsp3) is 0.400. The number of rotatable bonds is 5. The summed E-state index contributed by atoms with van der Waals surface area (Å²) in [5, 5.41) is 10.7. The van der Waals surface area contributed by atoms with Gasteiger partial charge in [0.05, 0.1) is 11.9 Å². The van der Waals surface area contributed by atoms with E-state index in [1.54, 1.807) is 0 Å². The molecule has 0 aliphatic carbocycles. The molecule has 0 radical (unpaired) electrons. The molecule has 0 aliphatic rings. The van der Waals surface area contributed by atoms with Crippen LogP contribution in [0.2, 0.25) is 0 Å². The zero-order chi connectivity index (χ0) is 13.0. The highest BCUT2D eigenvalue weighted by molar-refractivity contribution is 5.66. The topological polar surface area (TPSA) is 40.7 Å². The van der Waals surface area contributed by atoms with Gasteiger partial charge < -0.3 is 5.32 Å². The lowest BCUT2D eigenvalue weighted by molar-refractivity contribution is 0.676. The maximum atomic E-state index is 4.18. The quantitative estimate of drug-likeness (QED) is 0.792. The number of nitrogens with one attached hydrogen (secondary N) is 2. The third-order valence-corrected chi connectivity index (χ3v) is 3.11. The molecule has 3 nitrogen and oxygen atoms in total. The van der Waals surface area contributed by atoms with Crippen LogP contribution in [-0.4, -0.2) is 16.7 Å². The number of aromatic amines is 1. The molecule has 2 N–H and O–H groups in total.